The summed E-state index contributed by atoms with van der Waals surface area (Å²) >= 11 is 0. The van der Waals surface area contributed by atoms with Gasteiger partial charge in [-0.3, -0.25) is 10.1 Å². The van der Waals surface area contributed by atoms with Crippen LogP contribution >= 0.6 is 0 Å². The predicted molar refractivity (Wildman–Crippen MR) is 78.7 cm³/mol. The highest BCUT2D eigenvalue weighted by atomic mass is 16.3. The Morgan fingerprint density at radius 1 is 1.43 bits per heavy atom. The quantitative estimate of drug-likeness (QED) is 0.708. The highest BCUT2D eigenvalue weighted by Gasteiger charge is 2.20. The average molecular weight is 286 g/mol. The third-order valence-electron chi connectivity index (χ3n) is 3.76. The third-order valence-corrected chi connectivity index (χ3v) is 3.76. The number of aromatic nitrogens is 2. The number of aliphatic hydroxyl groups is 1. The van der Waals surface area contributed by atoms with Crippen molar-refractivity contribution < 1.29 is 9.90 Å². The number of hydrogen-bond acceptors (Lipinski definition) is 5. The van der Waals surface area contributed by atoms with Crippen molar-refractivity contribution in [3.05, 3.63) is 36.3 Å². The van der Waals surface area contributed by atoms with Crippen LogP contribution in [0.25, 0.3) is 10.9 Å². The highest BCUT2D eigenvalue weighted by Crippen LogP contribution is 2.18. The molecule has 21 heavy (non-hydrogen) atoms. The molecular weight excluding hydrogens is 268 g/mol. The molecule has 1 aliphatic rings. The molecule has 0 aliphatic heterocycles. The minimum absolute atomic E-state index is 0.192. The van der Waals surface area contributed by atoms with Gasteiger partial charge in [0.2, 0.25) is 0 Å². The Morgan fingerprint density at radius 2 is 2.29 bits per heavy atom. The van der Waals surface area contributed by atoms with Crippen molar-refractivity contribution in [2.75, 3.05) is 6.54 Å². The molecule has 1 aromatic heterocycles. The van der Waals surface area contributed by atoms with Gasteiger partial charge in [-0.05, 0) is 25.0 Å². The summed E-state index contributed by atoms with van der Waals surface area (Å²) in [6.45, 7) is 0.192. The predicted octanol–water partition coefficient (Wildman–Crippen LogP) is 0.820. The molecule has 1 aromatic carbocycles. The summed E-state index contributed by atoms with van der Waals surface area (Å²) in [4.78, 5) is 20.1. The average Bonchev–Trinajstić information content (AvgIpc) is 2.48. The van der Waals surface area contributed by atoms with E-state index in [9.17, 15) is 9.90 Å². The fourth-order valence-electron chi connectivity index (χ4n) is 2.31. The molecule has 0 saturated heterocycles. The molecule has 110 valence electrons. The number of nitrogens with one attached hydrogen (secondary N) is 2. The van der Waals surface area contributed by atoms with E-state index >= 15 is 0 Å². The first-order valence-electron chi connectivity index (χ1n) is 7.14. The lowest BCUT2D eigenvalue weighted by atomic mass is 9.93. The van der Waals surface area contributed by atoms with Gasteiger partial charge in [0.25, 0.3) is 5.91 Å². The standard InChI is InChI=1S/C15H18N4O2/c20-14(19-12-2-1-3-12)8-17-15(21)10-4-5-11-7-16-9-18-13(11)6-10/h4-7,9,12,14,19-20H,1-3,8H2,(H,17,21). The molecule has 2 aromatic rings. The number of amides is 1. The van der Waals surface area contributed by atoms with Crippen molar-refractivity contribution in [1.82, 2.24) is 20.6 Å². The first-order valence-corrected chi connectivity index (χ1v) is 7.14. The van der Waals surface area contributed by atoms with Gasteiger partial charge in [0.15, 0.2) is 0 Å². The largest absolute Gasteiger partial charge is 0.377 e. The molecule has 1 amide bonds. The maximum absolute atomic E-state index is 12.1. The number of nitrogens with zero attached hydrogens (tertiary/aromatic N) is 2. The van der Waals surface area contributed by atoms with Gasteiger partial charge in [0, 0.05) is 23.2 Å². The maximum Gasteiger partial charge on any atom is 0.251 e. The van der Waals surface area contributed by atoms with Crippen molar-refractivity contribution in [2.45, 2.75) is 31.5 Å². The first kappa shape index (κ1) is 13.9. The number of fused-ring (bicyclic) bond motifs is 1. The van der Waals surface area contributed by atoms with E-state index in [0.29, 0.717) is 11.6 Å². The van der Waals surface area contributed by atoms with E-state index in [1.807, 2.05) is 6.07 Å². The smallest absolute Gasteiger partial charge is 0.251 e. The molecule has 1 aliphatic carbocycles. The first-order chi connectivity index (χ1) is 10.2. The second-order valence-corrected chi connectivity index (χ2v) is 5.32. The van der Waals surface area contributed by atoms with Crippen LogP contribution in [0.5, 0.6) is 0 Å². The van der Waals surface area contributed by atoms with E-state index in [1.54, 1.807) is 18.3 Å². The van der Waals surface area contributed by atoms with Gasteiger partial charge in [-0.25, -0.2) is 9.97 Å². The topological polar surface area (TPSA) is 87.1 Å². The third kappa shape index (κ3) is 3.34. The molecule has 3 N–H and O–H groups in total. The van der Waals surface area contributed by atoms with E-state index in [-0.39, 0.29) is 12.5 Å². The van der Waals surface area contributed by atoms with Crippen LogP contribution in [-0.4, -0.2) is 39.8 Å². The molecule has 0 radical (unpaired) electrons. The van der Waals surface area contributed by atoms with Gasteiger partial charge in [-0.15, -0.1) is 0 Å². The number of aliphatic hydroxyl groups excluding tert-OH is 1. The van der Waals surface area contributed by atoms with Crippen LogP contribution in [0.1, 0.15) is 29.6 Å². The Bertz CT molecular complexity index is 642. The van der Waals surface area contributed by atoms with Crippen LogP contribution in [0.2, 0.25) is 0 Å². The number of rotatable bonds is 5. The fourth-order valence-corrected chi connectivity index (χ4v) is 2.31. The minimum atomic E-state index is -0.706. The zero-order valence-corrected chi connectivity index (χ0v) is 11.6. The van der Waals surface area contributed by atoms with E-state index in [4.69, 9.17) is 0 Å². The van der Waals surface area contributed by atoms with Gasteiger partial charge in [0.05, 0.1) is 12.1 Å². The second kappa shape index (κ2) is 6.15. The maximum atomic E-state index is 12.1. The second-order valence-electron chi connectivity index (χ2n) is 5.32. The minimum Gasteiger partial charge on any atom is -0.377 e. The van der Waals surface area contributed by atoms with Crippen molar-refractivity contribution in [2.24, 2.45) is 0 Å². The zero-order chi connectivity index (χ0) is 14.7. The summed E-state index contributed by atoms with van der Waals surface area (Å²) < 4.78 is 0. The van der Waals surface area contributed by atoms with Crippen LogP contribution in [-0.2, 0) is 0 Å². The molecular formula is C15H18N4O2. The molecule has 0 spiro atoms. The van der Waals surface area contributed by atoms with Crippen molar-refractivity contribution >= 4 is 16.8 Å². The fraction of sp³-hybridized carbons (Fsp3) is 0.400. The van der Waals surface area contributed by atoms with Crippen LogP contribution in [0, 0.1) is 0 Å². The summed E-state index contributed by atoms with van der Waals surface area (Å²) in [6, 6.07) is 5.65. The molecule has 6 heteroatoms. The monoisotopic (exact) mass is 286 g/mol. The molecule has 1 unspecified atom stereocenters. The lowest BCUT2D eigenvalue weighted by molar-refractivity contribution is 0.0825. The normalized spacial score (nSPS) is 16.4. The van der Waals surface area contributed by atoms with Gasteiger partial charge in [-0.1, -0.05) is 12.5 Å². The van der Waals surface area contributed by atoms with Gasteiger partial charge in [-0.2, -0.15) is 0 Å². The van der Waals surface area contributed by atoms with Crippen molar-refractivity contribution in [1.29, 1.82) is 0 Å². The summed E-state index contributed by atoms with van der Waals surface area (Å²) in [6.07, 6.45) is 5.84. The SMILES string of the molecule is O=C(NCC(O)NC1CCC1)c1ccc2cncnc2c1. The van der Waals surface area contributed by atoms with E-state index < -0.39 is 6.23 Å². The van der Waals surface area contributed by atoms with Crippen LogP contribution in [0.4, 0.5) is 0 Å². The molecule has 1 fully saturated rings. The summed E-state index contributed by atoms with van der Waals surface area (Å²) in [7, 11) is 0. The Balaban J connectivity index is 1.58. The van der Waals surface area contributed by atoms with Crippen molar-refractivity contribution in [3.8, 4) is 0 Å². The Labute approximate surface area is 122 Å². The Morgan fingerprint density at radius 3 is 3.05 bits per heavy atom. The molecule has 1 atom stereocenters. The molecule has 0 bridgehead atoms. The summed E-state index contributed by atoms with van der Waals surface area (Å²) in [5.41, 5.74) is 1.25. The number of benzene rings is 1. The van der Waals surface area contributed by atoms with Gasteiger partial charge >= 0.3 is 0 Å². The lowest BCUT2D eigenvalue weighted by Gasteiger charge is -2.29. The van der Waals surface area contributed by atoms with Crippen LogP contribution in [0.3, 0.4) is 0 Å². The van der Waals surface area contributed by atoms with E-state index in [1.165, 1.54) is 12.7 Å². The number of carbonyl (C=O) groups excluding carboxylic acids is 1. The Kier molecular flexibility index (Phi) is 4.08. The van der Waals surface area contributed by atoms with Crippen LogP contribution < -0.4 is 10.6 Å². The highest BCUT2D eigenvalue weighted by molar-refractivity contribution is 5.97. The molecule has 1 heterocycles. The molecule has 3 rings (SSSR count). The van der Waals surface area contributed by atoms with E-state index in [2.05, 4.69) is 20.6 Å². The van der Waals surface area contributed by atoms with Crippen LogP contribution in [0.15, 0.2) is 30.7 Å². The van der Waals surface area contributed by atoms with Crippen molar-refractivity contribution in [3.63, 3.8) is 0 Å². The summed E-state index contributed by atoms with van der Waals surface area (Å²) in [5, 5.41) is 16.5. The number of hydrogen-bond donors (Lipinski definition) is 3. The van der Waals surface area contributed by atoms with E-state index in [0.717, 1.165) is 23.7 Å². The Hall–Kier alpha value is -2.05. The number of carbonyl (C=O) groups is 1. The zero-order valence-electron chi connectivity index (χ0n) is 11.6. The molecule has 6 nitrogen and oxygen atoms in total. The van der Waals surface area contributed by atoms with Gasteiger partial charge in [0.1, 0.15) is 12.6 Å². The summed E-state index contributed by atoms with van der Waals surface area (Å²) in [5.74, 6) is -0.218. The molecule has 1 saturated carbocycles. The lowest BCUT2D eigenvalue weighted by Crippen LogP contribution is -2.47. The van der Waals surface area contributed by atoms with Gasteiger partial charge < -0.3 is 10.4 Å².